The molecule has 0 unspecified atom stereocenters. The number of fused-ring (bicyclic) bond motifs is 1. The van der Waals surface area contributed by atoms with Crippen LogP contribution in [0.1, 0.15) is 0 Å². The molecule has 3 aromatic rings. The predicted molar refractivity (Wildman–Crippen MR) is 136 cm³/mol. The summed E-state index contributed by atoms with van der Waals surface area (Å²) in [6, 6.07) is 5.23. The average molecular weight is 596 g/mol. The van der Waals surface area contributed by atoms with Crippen LogP contribution in [-0.4, -0.2) is 120 Å². The van der Waals surface area contributed by atoms with Crippen molar-refractivity contribution in [2.45, 2.75) is 55.3 Å². The largest absolute Gasteiger partial charge is 0.508 e. The summed E-state index contributed by atoms with van der Waals surface area (Å²) in [6.07, 6.45) is -14.6. The van der Waals surface area contributed by atoms with Crippen LogP contribution in [0.4, 0.5) is 0 Å². The van der Waals surface area contributed by atoms with Crippen molar-refractivity contribution in [3.05, 3.63) is 40.6 Å². The van der Waals surface area contributed by atoms with E-state index in [0.29, 0.717) is 0 Å². The van der Waals surface area contributed by atoms with Gasteiger partial charge < -0.3 is 74.4 Å². The Kier molecular flexibility index (Phi) is 8.17. The van der Waals surface area contributed by atoms with Crippen molar-refractivity contribution in [2.24, 2.45) is 0 Å². The predicted octanol–water partition coefficient (Wildman–Crippen LogP) is -2.08. The molecule has 9 atom stereocenters. The number of phenols is 4. The van der Waals surface area contributed by atoms with Crippen LogP contribution in [0.25, 0.3) is 22.3 Å². The van der Waals surface area contributed by atoms with E-state index in [4.69, 9.17) is 23.4 Å². The molecular formula is C26H28O16. The molecule has 0 spiro atoms. The van der Waals surface area contributed by atoms with Crippen LogP contribution in [0.2, 0.25) is 0 Å². The molecule has 1 aromatic heterocycles. The molecule has 5 rings (SSSR count). The molecule has 42 heavy (non-hydrogen) atoms. The summed E-state index contributed by atoms with van der Waals surface area (Å²) >= 11 is 0. The van der Waals surface area contributed by atoms with Gasteiger partial charge in [0.25, 0.3) is 0 Å². The van der Waals surface area contributed by atoms with E-state index in [0.717, 1.165) is 24.3 Å². The third-order valence-corrected chi connectivity index (χ3v) is 7.00. The molecule has 0 radical (unpaired) electrons. The third-order valence-electron chi connectivity index (χ3n) is 7.00. The van der Waals surface area contributed by atoms with Crippen molar-refractivity contribution in [1.29, 1.82) is 0 Å². The molecule has 2 aliphatic rings. The first-order valence-electron chi connectivity index (χ1n) is 12.6. The van der Waals surface area contributed by atoms with Gasteiger partial charge in [-0.05, 0) is 18.2 Å². The van der Waals surface area contributed by atoms with Crippen molar-refractivity contribution >= 4 is 11.0 Å². The van der Waals surface area contributed by atoms with Gasteiger partial charge in [0.2, 0.25) is 17.5 Å². The Bertz CT molecular complexity index is 1510. The SMILES string of the molecule is O=c1c(O[C@@H]2O[C@H](CO[C@@H]3[C@@H](O)[C@@H](CO)O[C@H]3O)[C@H](O)[C@H](O)[C@H]2O)c(-c2ccc(O)c(O)c2)oc2cc(O)cc(O)c12. The lowest BCUT2D eigenvalue weighted by atomic mass is 9.99. The van der Waals surface area contributed by atoms with Crippen LogP contribution >= 0.6 is 0 Å². The number of aliphatic hydroxyl groups excluding tert-OH is 6. The minimum Gasteiger partial charge on any atom is -0.508 e. The lowest BCUT2D eigenvalue weighted by molar-refractivity contribution is -0.284. The van der Waals surface area contributed by atoms with Crippen LogP contribution in [0.15, 0.2) is 39.5 Å². The molecule has 2 aliphatic heterocycles. The molecule has 10 N–H and O–H groups in total. The van der Waals surface area contributed by atoms with Crippen LogP contribution in [0.3, 0.4) is 0 Å². The summed E-state index contributed by atoms with van der Waals surface area (Å²) in [7, 11) is 0. The van der Waals surface area contributed by atoms with Gasteiger partial charge in [-0.25, -0.2) is 0 Å². The van der Waals surface area contributed by atoms with Crippen molar-refractivity contribution in [1.82, 2.24) is 0 Å². The van der Waals surface area contributed by atoms with Crippen LogP contribution in [0.5, 0.6) is 28.7 Å². The quantitative estimate of drug-likeness (QED) is 0.131. The molecule has 2 saturated heterocycles. The van der Waals surface area contributed by atoms with Crippen molar-refractivity contribution in [2.75, 3.05) is 13.2 Å². The summed E-state index contributed by atoms with van der Waals surface area (Å²) in [5.41, 5.74) is -1.35. The Balaban J connectivity index is 1.49. The van der Waals surface area contributed by atoms with Crippen molar-refractivity contribution < 1.29 is 74.4 Å². The van der Waals surface area contributed by atoms with E-state index in [-0.39, 0.29) is 11.1 Å². The maximum absolute atomic E-state index is 13.5. The zero-order valence-electron chi connectivity index (χ0n) is 21.4. The highest BCUT2D eigenvalue weighted by Crippen LogP contribution is 2.39. The Morgan fingerprint density at radius 2 is 1.52 bits per heavy atom. The lowest BCUT2D eigenvalue weighted by Gasteiger charge is -2.40. The van der Waals surface area contributed by atoms with Gasteiger partial charge in [-0.15, -0.1) is 0 Å². The first-order valence-corrected chi connectivity index (χ1v) is 12.6. The molecule has 0 aliphatic carbocycles. The average Bonchev–Trinajstić information content (AvgIpc) is 3.22. The van der Waals surface area contributed by atoms with Crippen LogP contribution in [-0.2, 0) is 14.2 Å². The van der Waals surface area contributed by atoms with E-state index in [1.807, 2.05) is 0 Å². The highest BCUT2D eigenvalue weighted by molar-refractivity contribution is 5.88. The summed E-state index contributed by atoms with van der Waals surface area (Å²) < 4.78 is 27.4. The van der Waals surface area contributed by atoms with Gasteiger partial charge in [-0.3, -0.25) is 4.79 Å². The zero-order chi connectivity index (χ0) is 30.5. The topological polar surface area (TPSA) is 269 Å². The Hall–Kier alpha value is -3.71. The fourth-order valence-corrected chi connectivity index (χ4v) is 4.75. The van der Waals surface area contributed by atoms with E-state index in [2.05, 4.69) is 0 Å². The number of aromatic hydroxyl groups is 4. The highest BCUT2D eigenvalue weighted by atomic mass is 16.7. The molecule has 3 heterocycles. The molecule has 16 nitrogen and oxygen atoms in total. The van der Waals surface area contributed by atoms with E-state index >= 15 is 0 Å². The molecule has 2 aromatic carbocycles. The maximum atomic E-state index is 13.5. The normalized spacial score (nSPS) is 31.4. The Labute approximate surface area is 235 Å². The van der Waals surface area contributed by atoms with E-state index in [9.17, 15) is 55.9 Å². The van der Waals surface area contributed by atoms with E-state index in [1.165, 1.54) is 6.07 Å². The van der Waals surface area contributed by atoms with Gasteiger partial charge in [0.1, 0.15) is 65.2 Å². The van der Waals surface area contributed by atoms with Gasteiger partial charge in [0.05, 0.1) is 13.2 Å². The fraction of sp³-hybridized carbons (Fsp3) is 0.423. The van der Waals surface area contributed by atoms with E-state index < -0.39 is 114 Å². The van der Waals surface area contributed by atoms with Crippen molar-refractivity contribution in [3.8, 4) is 40.1 Å². The molecule has 228 valence electrons. The summed E-state index contributed by atoms with van der Waals surface area (Å²) in [6.45, 7) is -1.22. The standard InChI is InChI=1S/C26H28O16/c27-6-14-18(33)24(25(37)40-14)38-7-15-17(32)20(35)21(36)26(41-15)42-23-19(34)16-12(31)4-9(28)5-13(16)39-22(23)8-1-2-10(29)11(30)3-8/h1-5,14-15,17-18,20-21,24-33,35-37H,6-7H2/t14-,15-,17+,18+,20+,21-,24-,25-,26+/m1/s1. The van der Waals surface area contributed by atoms with E-state index in [1.54, 1.807) is 0 Å². The minimum absolute atomic E-state index is 0.0319. The van der Waals surface area contributed by atoms with Gasteiger partial charge in [0.15, 0.2) is 23.5 Å². The van der Waals surface area contributed by atoms with Gasteiger partial charge in [0, 0.05) is 17.7 Å². The summed E-state index contributed by atoms with van der Waals surface area (Å²) in [4.78, 5) is 13.5. The number of hydrogen-bond acceptors (Lipinski definition) is 16. The smallest absolute Gasteiger partial charge is 0.239 e. The monoisotopic (exact) mass is 596 g/mol. The maximum Gasteiger partial charge on any atom is 0.239 e. The van der Waals surface area contributed by atoms with Gasteiger partial charge in [-0.2, -0.15) is 0 Å². The second-order valence-corrected chi connectivity index (χ2v) is 9.80. The fourth-order valence-electron chi connectivity index (χ4n) is 4.75. The Morgan fingerprint density at radius 3 is 2.19 bits per heavy atom. The first kappa shape index (κ1) is 29.8. The summed E-state index contributed by atoms with van der Waals surface area (Å²) in [5, 5.41) is 101. The number of phenolic OH excluding ortho intramolecular Hbond substituents is 4. The van der Waals surface area contributed by atoms with Crippen LogP contribution < -0.4 is 10.2 Å². The summed E-state index contributed by atoms with van der Waals surface area (Å²) in [5.74, 6) is -3.33. The van der Waals surface area contributed by atoms with Crippen LogP contribution in [0, 0.1) is 0 Å². The second-order valence-electron chi connectivity index (χ2n) is 9.80. The number of rotatable bonds is 7. The first-order chi connectivity index (χ1) is 19.9. The molecule has 2 fully saturated rings. The minimum atomic E-state index is -1.97. The molecule has 0 saturated carbocycles. The second kappa shape index (κ2) is 11.5. The third kappa shape index (κ3) is 5.31. The van der Waals surface area contributed by atoms with Gasteiger partial charge in [-0.1, -0.05) is 0 Å². The highest BCUT2D eigenvalue weighted by Gasteiger charge is 2.48. The zero-order valence-corrected chi connectivity index (χ0v) is 21.4. The number of hydrogen-bond donors (Lipinski definition) is 10. The van der Waals surface area contributed by atoms with Gasteiger partial charge >= 0.3 is 0 Å². The number of benzene rings is 2. The Morgan fingerprint density at radius 1 is 0.786 bits per heavy atom. The lowest BCUT2D eigenvalue weighted by Crippen LogP contribution is -2.60. The number of ether oxygens (including phenoxy) is 4. The number of aliphatic hydroxyl groups is 6. The molecule has 0 amide bonds. The van der Waals surface area contributed by atoms with Crippen molar-refractivity contribution in [3.63, 3.8) is 0 Å². The molecule has 16 heteroatoms. The molecule has 0 bridgehead atoms. The molecular weight excluding hydrogens is 568 g/mol.